The second kappa shape index (κ2) is 6.24. The molecule has 4 N–H and O–H groups in total. The number of likely N-dealkylation sites (tertiary alicyclic amines) is 1. The number of hydrogen-bond acceptors (Lipinski definition) is 4. The lowest BCUT2D eigenvalue weighted by atomic mass is 9.94. The fourth-order valence-corrected chi connectivity index (χ4v) is 2.67. The average molecular weight is 292 g/mol. The van der Waals surface area contributed by atoms with Crippen molar-refractivity contribution in [2.24, 2.45) is 11.7 Å². The van der Waals surface area contributed by atoms with Gasteiger partial charge in [0.2, 0.25) is 5.91 Å². The highest BCUT2D eigenvalue weighted by Gasteiger charge is 2.41. The molecule has 0 aromatic heterocycles. The van der Waals surface area contributed by atoms with Gasteiger partial charge in [-0.1, -0.05) is 37.3 Å². The number of hydrogen-bond donors (Lipinski definition) is 3. The fourth-order valence-electron chi connectivity index (χ4n) is 2.67. The van der Waals surface area contributed by atoms with Crippen molar-refractivity contribution in [3.8, 4) is 0 Å². The molecule has 0 bridgehead atoms. The van der Waals surface area contributed by atoms with E-state index in [0.717, 1.165) is 5.56 Å². The monoisotopic (exact) mass is 292 g/mol. The summed E-state index contributed by atoms with van der Waals surface area (Å²) in [6.07, 6.45) is -0.732. The molecule has 0 aliphatic carbocycles. The number of rotatable bonds is 4. The van der Waals surface area contributed by atoms with Crippen LogP contribution in [0.1, 0.15) is 24.9 Å². The van der Waals surface area contributed by atoms with Gasteiger partial charge in [-0.15, -0.1) is 0 Å². The Morgan fingerprint density at radius 3 is 2.52 bits per heavy atom. The lowest BCUT2D eigenvalue weighted by Crippen LogP contribution is -2.45. The second-order valence-corrected chi connectivity index (χ2v) is 5.46. The number of carbonyl (C=O) groups is 2. The molecule has 1 fully saturated rings. The predicted molar refractivity (Wildman–Crippen MR) is 76.3 cm³/mol. The highest BCUT2D eigenvalue weighted by Crippen LogP contribution is 2.26. The third-order valence-electron chi connectivity index (χ3n) is 3.96. The van der Waals surface area contributed by atoms with Gasteiger partial charge in [0.1, 0.15) is 6.04 Å². The van der Waals surface area contributed by atoms with E-state index in [-0.39, 0.29) is 18.9 Å². The summed E-state index contributed by atoms with van der Waals surface area (Å²) in [5, 5.41) is 18.8. The van der Waals surface area contributed by atoms with E-state index in [1.165, 1.54) is 4.90 Å². The van der Waals surface area contributed by atoms with Crippen molar-refractivity contribution in [3.05, 3.63) is 35.9 Å². The maximum Gasteiger partial charge on any atom is 0.326 e. The number of amides is 1. The van der Waals surface area contributed by atoms with Crippen LogP contribution in [0.3, 0.4) is 0 Å². The van der Waals surface area contributed by atoms with Crippen molar-refractivity contribution in [2.45, 2.75) is 31.5 Å². The molecule has 21 heavy (non-hydrogen) atoms. The molecule has 1 saturated heterocycles. The van der Waals surface area contributed by atoms with E-state index in [2.05, 4.69) is 0 Å². The third-order valence-corrected chi connectivity index (χ3v) is 3.96. The van der Waals surface area contributed by atoms with E-state index in [1.807, 2.05) is 30.3 Å². The fraction of sp³-hybridized carbons (Fsp3) is 0.467. The van der Waals surface area contributed by atoms with Gasteiger partial charge < -0.3 is 20.8 Å². The van der Waals surface area contributed by atoms with E-state index in [4.69, 9.17) is 10.8 Å². The highest BCUT2D eigenvalue weighted by atomic mass is 16.4. The number of carboxylic acid groups (broad SMARTS) is 1. The molecule has 1 aliphatic heterocycles. The molecule has 6 heteroatoms. The molecule has 0 saturated carbocycles. The summed E-state index contributed by atoms with van der Waals surface area (Å²) in [4.78, 5) is 24.9. The largest absolute Gasteiger partial charge is 0.480 e. The normalized spacial score (nSPS) is 24.6. The zero-order valence-electron chi connectivity index (χ0n) is 11.8. The van der Waals surface area contributed by atoms with Crippen LogP contribution in [-0.4, -0.2) is 45.7 Å². The molecule has 114 valence electrons. The molecule has 1 aromatic rings. The van der Waals surface area contributed by atoms with Crippen molar-refractivity contribution >= 4 is 11.9 Å². The van der Waals surface area contributed by atoms with Gasteiger partial charge in [-0.05, 0) is 5.56 Å². The number of carbonyl (C=O) groups excluding carboxylic acids is 1. The molecule has 1 aliphatic rings. The number of aliphatic carboxylic acids is 1. The minimum Gasteiger partial charge on any atom is -0.480 e. The summed E-state index contributed by atoms with van der Waals surface area (Å²) in [5.41, 5.74) is 6.93. The summed E-state index contributed by atoms with van der Waals surface area (Å²) >= 11 is 0. The Hall–Kier alpha value is -1.92. The Kier molecular flexibility index (Phi) is 4.59. The molecular formula is C15H20N2O4. The topological polar surface area (TPSA) is 104 Å². The predicted octanol–water partition coefficient (Wildman–Crippen LogP) is 0.369. The van der Waals surface area contributed by atoms with E-state index in [9.17, 15) is 14.7 Å². The Morgan fingerprint density at radius 1 is 1.33 bits per heavy atom. The lowest BCUT2D eigenvalue weighted by Gasteiger charge is -2.27. The van der Waals surface area contributed by atoms with Gasteiger partial charge >= 0.3 is 5.97 Å². The van der Waals surface area contributed by atoms with Crippen molar-refractivity contribution in [1.82, 2.24) is 4.90 Å². The van der Waals surface area contributed by atoms with Crippen LogP contribution in [0.25, 0.3) is 0 Å². The molecule has 2 rings (SSSR count). The number of nitrogens with two attached hydrogens (primary N) is 1. The molecule has 2 unspecified atom stereocenters. The smallest absolute Gasteiger partial charge is 0.326 e. The second-order valence-electron chi connectivity index (χ2n) is 5.46. The van der Waals surface area contributed by atoms with Crippen LogP contribution < -0.4 is 5.73 Å². The summed E-state index contributed by atoms with van der Waals surface area (Å²) < 4.78 is 0. The van der Waals surface area contributed by atoms with Crippen LogP contribution in [-0.2, 0) is 9.59 Å². The van der Waals surface area contributed by atoms with Gasteiger partial charge in [0.25, 0.3) is 0 Å². The molecule has 0 radical (unpaired) electrons. The Bertz CT molecular complexity index is 520. The average Bonchev–Trinajstić information content (AvgIpc) is 2.88. The highest BCUT2D eigenvalue weighted by molar-refractivity contribution is 5.86. The minimum atomic E-state index is -1.10. The first-order valence-electron chi connectivity index (χ1n) is 6.93. The molecule has 4 atom stereocenters. The quantitative estimate of drug-likeness (QED) is 0.744. The van der Waals surface area contributed by atoms with Gasteiger partial charge in [0.05, 0.1) is 12.0 Å². The Morgan fingerprint density at radius 2 is 1.95 bits per heavy atom. The zero-order valence-corrected chi connectivity index (χ0v) is 11.8. The van der Waals surface area contributed by atoms with E-state index in [1.54, 1.807) is 6.92 Å². The van der Waals surface area contributed by atoms with Crippen LogP contribution in [0.2, 0.25) is 0 Å². The van der Waals surface area contributed by atoms with Crippen LogP contribution in [0, 0.1) is 5.92 Å². The number of nitrogens with zero attached hydrogens (tertiary/aromatic N) is 1. The van der Waals surface area contributed by atoms with Crippen molar-refractivity contribution < 1.29 is 19.8 Å². The van der Waals surface area contributed by atoms with Crippen molar-refractivity contribution in [1.29, 1.82) is 0 Å². The maximum absolute atomic E-state index is 12.5. The Labute approximate surface area is 123 Å². The van der Waals surface area contributed by atoms with Crippen molar-refractivity contribution in [3.63, 3.8) is 0 Å². The van der Waals surface area contributed by atoms with Gasteiger partial charge in [-0.2, -0.15) is 0 Å². The summed E-state index contributed by atoms with van der Waals surface area (Å²) in [6.45, 7) is 1.73. The first-order valence-corrected chi connectivity index (χ1v) is 6.93. The molecular weight excluding hydrogens is 272 g/mol. The minimum absolute atomic E-state index is 0.0433. The van der Waals surface area contributed by atoms with Crippen LogP contribution in [0.15, 0.2) is 30.3 Å². The standard InChI is InChI=1S/C15H20N2O4/c1-9(13(16)10-5-3-2-4-6-10)14(19)17-8-11(18)7-12(17)15(20)21/h2-6,9,11-13,18H,7-8,16H2,1H3,(H,20,21)/t9?,11-,12-,13?/m1/s1. The SMILES string of the molecule is CC(C(=O)N1C[C@H](O)C[C@@H]1C(=O)O)C(N)c1ccccc1. The maximum atomic E-state index is 12.5. The van der Waals surface area contributed by atoms with E-state index in [0.29, 0.717) is 0 Å². The zero-order chi connectivity index (χ0) is 15.6. The number of aliphatic hydroxyl groups excluding tert-OH is 1. The van der Waals surface area contributed by atoms with Crippen LogP contribution in [0.5, 0.6) is 0 Å². The lowest BCUT2D eigenvalue weighted by molar-refractivity contribution is -0.150. The van der Waals surface area contributed by atoms with Crippen LogP contribution in [0.4, 0.5) is 0 Å². The summed E-state index contributed by atoms with van der Waals surface area (Å²) in [6, 6.07) is 7.73. The molecule has 1 aromatic carbocycles. The van der Waals surface area contributed by atoms with Gasteiger partial charge in [0, 0.05) is 19.0 Å². The molecule has 1 heterocycles. The first-order chi connectivity index (χ1) is 9.91. The number of aliphatic hydroxyl groups is 1. The van der Waals surface area contributed by atoms with Gasteiger partial charge in [-0.25, -0.2) is 4.79 Å². The van der Waals surface area contributed by atoms with E-state index >= 15 is 0 Å². The Balaban J connectivity index is 2.13. The molecule has 0 spiro atoms. The number of benzene rings is 1. The third kappa shape index (κ3) is 3.22. The molecule has 6 nitrogen and oxygen atoms in total. The van der Waals surface area contributed by atoms with Crippen LogP contribution >= 0.6 is 0 Å². The van der Waals surface area contributed by atoms with E-state index < -0.39 is 30.1 Å². The first kappa shape index (κ1) is 15.5. The number of β-amino-alcohol motifs (C(OH)–C–C–N with tert-alkyl or cyclic N) is 1. The van der Waals surface area contributed by atoms with Gasteiger partial charge in [0.15, 0.2) is 0 Å². The van der Waals surface area contributed by atoms with Crippen molar-refractivity contribution in [2.75, 3.05) is 6.54 Å². The van der Waals surface area contributed by atoms with Gasteiger partial charge in [-0.3, -0.25) is 4.79 Å². The molecule has 1 amide bonds. The summed E-state index contributed by atoms with van der Waals surface area (Å²) in [7, 11) is 0. The number of carboxylic acids is 1. The summed E-state index contributed by atoms with van der Waals surface area (Å²) in [5.74, 6) is -1.99.